The van der Waals surface area contributed by atoms with Crippen molar-refractivity contribution in [2.45, 2.75) is 56.8 Å². The van der Waals surface area contributed by atoms with E-state index in [4.69, 9.17) is 14.2 Å². The monoisotopic (exact) mass is 673 g/mol. The Balaban J connectivity index is 1.35. The molecule has 3 aromatic carbocycles. The molecule has 254 valence electrons. The molecule has 0 saturated carbocycles. The second-order valence-corrected chi connectivity index (χ2v) is 17.3. The van der Waals surface area contributed by atoms with Crippen LogP contribution in [-0.4, -0.2) is 80.5 Å². The van der Waals surface area contributed by atoms with Gasteiger partial charge in [0.2, 0.25) is 5.91 Å². The van der Waals surface area contributed by atoms with Crippen LogP contribution in [0.2, 0.25) is 18.6 Å². The Kier molecular flexibility index (Phi) is 9.36. The van der Waals surface area contributed by atoms with Crippen LogP contribution < -0.4 is 14.5 Å². The van der Waals surface area contributed by atoms with Crippen molar-refractivity contribution in [2.24, 2.45) is 5.92 Å². The van der Waals surface area contributed by atoms with Gasteiger partial charge in [-0.1, -0.05) is 49.4 Å². The minimum absolute atomic E-state index is 0.0544. The number of amides is 3. The highest BCUT2D eigenvalue weighted by molar-refractivity contribution is 6.71. The summed E-state index contributed by atoms with van der Waals surface area (Å²) in [5, 5.41) is 9.80. The van der Waals surface area contributed by atoms with E-state index in [0.717, 1.165) is 11.1 Å². The first-order valence-corrected chi connectivity index (χ1v) is 19.4. The van der Waals surface area contributed by atoms with E-state index in [2.05, 4.69) is 0 Å². The summed E-state index contributed by atoms with van der Waals surface area (Å²) in [6.07, 6.45) is -1.21. The third-order valence-electron chi connectivity index (χ3n) is 9.83. The van der Waals surface area contributed by atoms with Gasteiger partial charge in [0.25, 0.3) is 5.91 Å². The second kappa shape index (κ2) is 13.3. The van der Waals surface area contributed by atoms with Crippen molar-refractivity contribution in [1.29, 1.82) is 0 Å². The summed E-state index contributed by atoms with van der Waals surface area (Å²) in [7, 11) is -1.47. The third kappa shape index (κ3) is 6.09. The highest BCUT2D eigenvalue weighted by Crippen LogP contribution is 2.60. The number of rotatable bonds is 11. The fraction of sp³-hybridized carbons (Fsp3) is 0.417. The van der Waals surface area contributed by atoms with E-state index in [1.165, 1.54) is 0 Å². The third-order valence-corrected chi connectivity index (χ3v) is 12.3. The standard InChI is InChI=1S/C36H43N3O8Si/c1-24-33(48(3,4)44)31(21-32(41)37(15-17-40)22-25-9-6-5-7-10-25)47-36(24)29-20-28(45-2)13-14-30(29)39(34(36)42)23-26-11-8-12-27(19-26)38-16-18-46-35(38)43/h5-14,19-20,24,31,33,40,44H,15-18,21-23H2,1-4H3/t24-,31+,33-,36+/m1/s1. The van der Waals surface area contributed by atoms with Crippen LogP contribution in [0, 0.1) is 5.92 Å². The Morgan fingerprint density at radius 1 is 1.06 bits per heavy atom. The van der Waals surface area contributed by atoms with E-state index in [0.29, 0.717) is 42.4 Å². The predicted octanol–water partition coefficient (Wildman–Crippen LogP) is 4.41. The zero-order valence-corrected chi connectivity index (χ0v) is 28.8. The first-order chi connectivity index (χ1) is 23.0. The van der Waals surface area contributed by atoms with Crippen molar-refractivity contribution in [3.63, 3.8) is 0 Å². The molecule has 2 fully saturated rings. The molecular formula is C36H43N3O8Si. The molecule has 0 radical (unpaired) electrons. The van der Waals surface area contributed by atoms with Crippen LogP contribution in [0.5, 0.6) is 5.75 Å². The van der Waals surface area contributed by atoms with Crippen LogP contribution in [0.15, 0.2) is 72.8 Å². The Labute approximate surface area is 281 Å². The molecule has 3 aromatic rings. The number of carbonyl (C=O) groups is 3. The van der Waals surface area contributed by atoms with Gasteiger partial charge in [-0.25, -0.2) is 4.79 Å². The maximum Gasteiger partial charge on any atom is 0.414 e. The quantitative estimate of drug-likeness (QED) is 0.287. The maximum atomic E-state index is 14.9. The van der Waals surface area contributed by atoms with Crippen LogP contribution in [0.4, 0.5) is 16.2 Å². The van der Waals surface area contributed by atoms with Gasteiger partial charge in [-0.05, 0) is 54.6 Å². The maximum absolute atomic E-state index is 14.9. The van der Waals surface area contributed by atoms with Crippen LogP contribution in [0.25, 0.3) is 0 Å². The second-order valence-electron chi connectivity index (χ2n) is 13.3. The lowest BCUT2D eigenvalue weighted by Crippen LogP contribution is -2.46. The summed E-state index contributed by atoms with van der Waals surface area (Å²) in [6.45, 7) is 6.82. The highest BCUT2D eigenvalue weighted by Gasteiger charge is 2.66. The molecule has 0 aliphatic carbocycles. The SMILES string of the molecule is COc1ccc2c(c1)[C@]1(O[C@@H](CC(=O)N(CCO)Cc3ccccc3)[C@H]([Si](C)(C)O)[C@H]1C)C(=O)N2Cc1cccc(N2CCOC2=O)c1. The molecule has 3 heterocycles. The fourth-order valence-corrected chi connectivity index (χ4v) is 10.2. The van der Waals surface area contributed by atoms with Crippen molar-refractivity contribution in [3.8, 4) is 5.75 Å². The van der Waals surface area contributed by atoms with Crippen molar-refractivity contribution < 1.29 is 38.5 Å². The normalized spacial score (nSPS) is 23.5. The smallest absolute Gasteiger partial charge is 0.414 e. The molecular weight excluding hydrogens is 630 g/mol. The molecule has 12 heteroatoms. The largest absolute Gasteiger partial charge is 0.497 e. The Morgan fingerprint density at radius 2 is 1.81 bits per heavy atom. The van der Waals surface area contributed by atoms with E-state index in [9.17, 15) is 24.3 Å². The van der Waals surface area contributed by atoms with Gasteiger partial charge >= 0.3 is 6.09 Å². The van der Waals surface area contributed by atoms with Gasteiger partial charge in [-0.2, -0.15) is 0 Å². The van der Waals surface area contributed by atoms with E-state index < -0.39 is 37.6 Å². The number of fused-ring (bicyclic) bond motifs is 2. The Morgan fingerprint density at radius 3 is 2.48 bits per heavy atom. The zero-order valence-electron chi connectivity index (χ0n) is 27.8. The lowest BCUT2D eigenvalue weighted by atomic mass is 9.82. The van der Waals surface area contributed by atoms with Gasteiger partial charge in [0.05, 0.1) is 45.0 Å². The van der Waals surface area contributed by atoms with E-state index >= 15 is 0 Å². The molecule has 6 rings (SSSR count). The number of aliphatic hydroxyl groups excluding tert-OH is 1. The van der Waals surface area contributed by atoms with Crippen LogP contribution in [0.1, 0.15) is 30.0 Å². The summed E-state index contributed by atoms with van der Waals surface area (Å²) in [4.78, 5) is 57.5. The topological polar surface area (TPSA) is 129 Å². The molecule has 0 bridgehead atoms. The first-order valence-electron chi connectivity index (χ1n) is 16.3. The average molecular weight is 674 g/mol. The van der Waals surface area contributed by atoms with Crippen LogP contribution >= 0.6 is 0 Å². The van der Waals surface area contributed by atoms with Crippen molar-refractivity contribution in [3.05, 3.63) is 89.5 Å². The number of hydrogen-bond acceptors (Lipinski definition) is 8. The van der Waals surface area contributed by atoms with Crippen LogP contribution in [-0.2, 0) is 37.8 Å². The zero-order chi connectivity index (χ0) is 34.2. The van der Waals surface area contributed by atoms with Gasteiger partial charge in [0.15, 0.2) is 13.9 Å². The molecule has 1 spiro atoms. The molecule has 2 saturated heterocycles. The Hall–Kier alpha value is -4.23. The predicted molar refractivity (Wildman–Crippen MR) is 182 cm³/mol. The molecule has 3 aliphatic rings. The van der Waals surface area contributed by atoms with E-state index in [1.54, 1.807) is 27.9 Å². The molecule has 4 atom stereocenters. The molecule has 3 amide bonds. The molecule has 11 nitrogen and oxygen atoms in total. The van der Waals surface area contributed by atoms with Gasteiger partial charge in [0, 0.05) is 35.8 Å². The van der Waals surface area contributed by atoms with Gasteiger partial charge in [-0.15, -0.1) is 0 Å². The number of methoxy groups -OCH3 is 1. The highest BCUT2D eigenvalue weighted by atomic mass is 28.4. The lowest BCUT2D eigenvalue weighted by molar-refractivity contribution is -0.150. The average Bonchev–Trinajstić information content (AvgIpc) is 3.70. The lowest BCUT2D eigenvalue weighted by Gasteiger charge is -2.32. The molecule has 48 heavy (non-hydrogen) atoms. The Bertz CT molecular complexity index is 1680. The van der Waals surface area contributed by atoms with Gasteiger partial charge < -0.3 is 33.9 Å². The number of hydrogen-bond donors (Lipinski definition) is 2. The van der Waals surface area contributed by atoms with Gasteiger partial charge in [0.1, 0.15) is 12.4 Å². The van der Waals surface area contributed by atoms with Crippen molar-refractivity contribution >= 4 is 37.6 Å². The molecule has 2 N–H and O–H groups in total. The number of cyclic esters (lactones) is 1. The number of benzene rings is 3. The van der Waals surface area contributed by atoms with Gasteiger partial charge in [-0.3, -0.25) is 14.5 Å². The molecule has 3 aliphatic heterocycles. The van der Waals surface area contributed by atoms with E-state index in [1.807, 2.05) is 86.7 Å². The summed E-state index contributed by atoms with van der Waals surface area (Å²) < 4.78 is 17.6. The summed E-state index contributed by atoms with van der Waals surface area (Å²) >= 11 is 0. The summed E-state index contributed by atoms with van der Waals surface area (Å²) in [6, 6.07) is 22.5. The fourth-order valence-electron chi connectivity index (χ4n) is 7.69. The van der Waals surface area contributed by atoms with Crippen LogP contribution in [0.3, 0.4) is 0 Å². The number of carbonyl (C=O) groups excluding carboxylic acids is 3. The number of aliphatic hydroxyl groups is 1. The number of ether oxygens (including phenoxy) is 3. The first kappa shape index (κ1) is 33.7. The van der Waals surface area contributed by atoms with Crippen molar-refractivity contribution in [1.82, 2.24) is 4.90 Å². The number of anilines is 2. The van der Waals surface area contributed by atoms with E-state index in [-0.39, 0.29) is 37.9 Å². The number of nitrogens with zero attached hydrogens (tertiary/aromatic N) is 3. The molecule has 0 unspecified atom stereocenters. The molecule has 0 aromatic heterocycles. The minimum atomic E-state index is -3.03. The summed E-state index contributed by atoms with van der Waals surface area (Å²) in [5.74, 6) is -0.423. The summed E-state index contributed by atoms with van der Waals surface area (Å²) in [5.41, 5.74) is 1.79. The van der Waals surface area contributed by atoms with Crippen molar-refractivity contribution in [2.75, 3.05) is 43.2 Å². The minimum Gasteiger partial charge on any atom is -0.497 e.